The first-order valence-electron chi connectivity index (χ1n) is 7.55. The number of rotatable bonds is 3. The van der Waals surface area contributed by atoms with Gasteiger partial charge >= 0.3 is 6.09 Å². The molecule has 4 nitrogen and oxygen atoms in total. The molecule has 1 amide bonds. The summed E-state index contributed by atoms with van der Waals surface area (Å²) < 4.78 is 5.45. The van der Waals surface area contributed by atoms with Crippen LogP contribution >= 0.6 is 0 Å². The summed E-state index contributed by atoms with van der Waals surface area (Å²) in [6.07, 6.45) is 4.61. The van der Waals surface area contributed by atoms with Crippen molar-refractivity contribution >= 4 is 6.09 Å². The van der Waals surface area contributed by atoms with Crippen LogP contribution in [0.1, 0.15) is 53.4 Å². The molecule has 1 spiro atoms. The number of hydrogen-bond donors (Lipinski definition) is 1. The summed E-state index contributed by atoms with van der Waals surface area (Å²) in [5.41, 5.74) is -0.0139. The van der Waals surface area contributed by atoms with Crippen LogP contribution in [0.25, 0.3) is 0 Å². The summed E-state index contributed by atoms with van der Waals surface area (Å²) >= 11 is 0. The van der Waals surface area contributed by atoms with Crippen LogP contribution in [-0.2, 0) is 4.74 Å². The van der Waals surface area contributed by atoms with E-state index < -0.39 is 5.60 Å². The van der Waals surface area contributed by atoms with Crippen molar-refractivity contribution < 1.29 is 9.53 Å². The van der Waals surface area contributed by atoms with Crippen molar-refractivity contribution in [3.05, 3.63) is 0 Å². The second-order valence-corrected chi connectivity index (χ2v) is 7.21. The van der Waals surface area contributed by atoms with Crippen molar-refractivity contribution in [1.29, 1.82) is 0 Å². The Morgan fingerprint density at radius 3 is 2.68 bits per heavy atom. The lowest BCUT2D eigenvalue weighted by Crippen LogP contribution is -2.50. The predicted molar refractivity (Wildman–Crippen MR) is 76.2 cm³/mol. The summed E-state index contributed by atoms with van der Waals surface area (Å²) in [4.78, 5) is 13.9. The minimum Gasteiger partial charge on any atom is -0.444 e. The molecule has 1 saturated carbocycles. The average molecular weight is 268 g/mol. The molecule has 110 valence electrons. The van der Waals surface area contributed by atoms with E-state index in [0.717, 1.165) is 26.1 Å². The number of hydrogen-bond acceptors (Lipinski definition) is 3. The first-order valence-corrected chi connectivity index (χ1v) is 7.55. The molecule has 2 aliphatic rings. The smallest absolute Gasteiger partial charge is 0.410 e. The lowest BCUT2D eigenvalue weighted by molar-refractivity contribution is 0.0218. The van der Waals surface area contributed by atoms with Crippen LogP contribution in [-0.4, -0.2) is 42.3 Å². The highest BCUT2D eigenvalue weighted by Crippen LogP contribution is 2.48. The van der Waals surface area contributed by atoms with E-state index in [1.54, 1.807) is 0 Å². The SMILES string of the molecule is CCCN[C@H]1C[C@]2(CCN(C(=O)OC(C)(C)C)C2)C1. The highest BCUT2D eigenvalue weighted by molar-refractivity contribution is 5.68. The Bertz CT molecular complexity index is 330. The molecule has 0 aromatic rings. The predicted octanol–water partition coefficient (Wildman–Crippen LogP) is 2.78. The lowest BCUT2D eigenvalue weighted by Gasteiger charge is -2.45. The monoisotopic (exact) mass is 268 g/mol. The van der Waals surface area contributed by atoms with Gasteiger partial charge in [0, 0.05) is 19.1 Å². The molecule has 0 unspecified atom stereocenters. The molecule has 0 radical (unpaired) electrons. The van der Waals surface area contributed by atoms with Gasteiger partial charge in [-0.25, -0.2) is 4.79 Å². The van der Waals surface area contributed by atoms with E-state index in [0.29, 0.717) is 11.5 Å². The largest absolute Gasteiger partial charge is 0.444 e. The highest BCUT2D eigenvalue weighted by atomic mass is 16.6. The van der Waals surface area contributed by atoms with Gasteiger partial charge in [-0.2, -0.15) is 0 Å². The Morgan fingerprint density at radius 1 is 1.42 bits per heavy atom. The molecule has 0 aromatic heterocycles. The van der Waals surface area contributed by atoms with Crippen LogP contribution in [0.15, 0.2) is 0 Å². The Kier molecular flexibility index (Phi) is 4.09. The second kappa shape index (κ2) is 5.31. The molecule has 1 saturated heterocycles. The van der Waals surface area contributed by atoms with Crippen LogP contribution in [0.3, 0.4) is 0 Å². The lowest BCUT2D eigenvalue weighted by atomic mass is 9.65. The van der Waals surface area contributed by atoms with E-state index in [-0.39, 0.29) is 6.09 Å². The van der Waals surface area contributed by atoms with E-state index in [1.807, 2.05) is 25.7 Å². The van der Waals surface area contributed by atoms with Crippen LogP contribution in [0.5, 0.6) is 0 Å². The number of ether oxygens (including phenoxy) is 1. The minimum absolute atomic E-state index is 0.144. The van der Waals surface area contributed by atoms with Crippen LogP contribution in [0, 0.1) is 5.41 Å². The van der Waals surface area contributed by atoms with Gasteiger partial charge in [-0.1, -0.05) is 6.92 Å². The molecule has 2 fully saturated rings. The van der Waals surface area contributed by atoms with Crippen molar-refractivity contribution in [3.63, 3.8) is 0 Å². The Hall–Kier alpha value is -0.770. The Morgan fingerprint density at radius 2 is 2.11 bits per heavy atom. The third kappa shape index (κ3) is 3.62. The number of amides is 1. The molecule has 19 heavy (non-hydrogen) atoms. The normalized spacial score (nSPS) is 30.5. The van der Waals surface area contributed by atoms with Crippen molar-refractivity contribution in [3.8, 4) is 0 Å². The summed E-state index contributed by atoms with van der Waals surface area (Å²) in [6, 6.07) is 0.665. The maximum atomic E-state index is 12.0. The molecule has 1 aliphatic heterocycles. The molecular formula is C15H28N2O2. The summed E-state index contributed by atoms with van der Waals surface area (Å²) in [7, 11) is 0. The van der Waals surface area contributed by atoms with Crippen LogP contribution in [0.2, 0.25) is 0 Å². The van der Waals surface area contributed by atoms with Gasteiger partial charge in [0.2, 0.25) is 0 Å². The van der Waals surface area contributed by atoms with E-state index >= 15 is 0 Å². The van der Waals surface area contributed by atoms with Crippen LogP contribution in [0.4, 0.5) is 4.79 Å². The molecule has 1 N–H and O–H groups in total. The van der Waals surface area contributed by atoms with E-state index in [9.17, 15) is 4.79 Å². The summed E-state index contributed by atoms with van der Waals surface area (Å²) in [5, 5.41) is 3.57. The fourth-order valence-electron chi connectivity index (χ4n) is 3.23. The third-order valence-electron chi connectivity index (χ3n) is 4.13. The van der Waals surface area contributed by atoms with Gasteiger partial charge in [0.15, 0.2) is 0 Å². The number of likely N-dealkylation sites (tertiary alicyclic amines) is 1. The molecule has 1 heterocycles. The molecule has 0 bridgehead atoms. The number of carbonyl (C=O) groups is 1. The number of nitrogens with one attached hydrogen (secondary N) is 1. The van der Waals surface area contributed by atoms with Gasteiger partial charge in [0.1, 0.15) is 5.60 Å². The zero-order valence-electron chi connectivity index (χ0n) is 12.8. The summed E-state index contributed by atoms with van der Waals surface area (Å²) in [5.74, 6) is 0. The fraction of sp³-hybridized carbons (Fsp3) is 0.933. The molecule has 4 heteroatoms. The number of nitrogens with zero attached hydrogens (tertiary/aromatic N) is 1. The third-order valence-corrected chi connectivity index (χ3v) is 4.13. The second-order valence-electron chi connectivity index (χ2n) is 7.21. The van der Waals surface area contributed by atoms with Crippen molar-refractivity contribution in [2.45, 2.75) is 65.0 Å². The zero-order valence-corrected chi connectivity index (χ0v) is 12.8. The fourth-order valence-corrected chi connectivity index (χ4v) is 3.23. The molecule has 1 aliphatic carbocycles. The topological polar surface area (TPSA) is 41.6 Å². The van der Waals surface area contributed by atoms with Gasteiger partial charge in [0.25, 0.3) is 0 Å². The Labute approximate surface area is 116 Å². The van der Waals surface area contributed by atoms with E-state index in [2.05, 4.69) is 12.2 Å². The Balaban J connectivity index is 1.77. The standard InChI is InChI=1S/C15H28N2O2/c1-5-7-16-12-9-15(10-12)6-8-17(11-15)13(18)19-14(2,3)4/h12,16H,5-11H2,1-4H3/t12-,15+. The van der Waals surface area contributed by atoms with Gasteiger partial charge in [-0.3, -0.25) is 0 Å². The molecule has 0 atom stereocenters. The quantitative estimate of drug-likeness (QED) is 0.855. The molecule has 2 rings (SSSR count). The first kappa shape index (κ1) is 14.6. The van der Waals surface area contributed by atoms with Gasteiger partial charge < -0.3 is 15.0 Å². The van der Waals surface area contributed by atoms with Gasteiger partial charge in [0.05, 0.1) is 0 Å². The first-order chi connectivity index (χ1) is 8.84. The van der Waals surface area contributed by atoms with E-state index in [1.165, 1.54) is 19.3 Å². The summed E-state index contributed by atoms with van der Waals surface area (Å²) in [6.45, 7) is 10.8. The highest BCUT2D eigenvalue weighted by Gasteiger charge is 2.49. The van der Waals surface area contributed by atoms with Crippen molar-refractivity contribution in [2.75, 3.05) is 19.6 Å². The average Bonchev–Trinajstić information content (AvgIpc) is 2.67. The van der Waals surface area contributed by atoms with Crippen molar-refractivity contribution in [1.82, 2.24) is 10.2 Å². The maximum Gasteiger partial charge on any atom is 0.410 e. The van der Waals surface area contributed by atoms with Gasteiger partial charge in [-0.15, -0.1) is 0 Å². The van der Waals surface area contributed by atoms with Gasteiger partial charge in [-0.05, 0) is 58.4 Å². The molecule has 0 aromatic carbocycles. The van der Waals surface area contributed by atoms with Crippen molar-refractivity contribution in [2.24, 2.45) is 5.41 Å². The minimum atomic E-state index is -0.391. The van der Waals surface area contributed by atoms with E-state index in [4.69, 9.17) is 4.74 Å². The molecular weight excluding hydrogens is 240 g/mol. The zero-order chi connectivity index (χ0) is 14.1. The maximum absolute atomic E-state index is 12.0. The van der Waals surface area contributed by atoms with Crippen LogP contribution < -0.4 is 5.32 Å². The number of carbonyl (C=O) groups excluding carboxylic acids is 1.